The molecule has 2 atom stereocenters. The van der Waals surface area contributed by atoms with Crippen LogP contribution in [0.4, 0.5) is 0 Å². The molecule has 0 spiro atoms. The first kappa shape index (κ1) is 13.5. The maximum atomic E-state index is 8.81. The van der Waals surface area contributed by atoms with Gasteiger partial charge in [-0.25, -0.2) is 0 Å². The number of rotatable bonds is 5. The second-order valence-corrected chi connectivity index (χ2v) is 5.73. The van der Waals surface area contributed by atoms with E-state index in [0.29, 0.717) is 0 Å². The van der Waals surface area contributed by atoms with E-state index in [4.69, 9.17) is 11.0 Å². The smallest absolute Gasteiger partial charge is 0.101 e. The zero-order valence-electron chi connectivity index (χ0n) is 10.9. The van der Waals surface area contributed by atoms with Gasteiger partial charge in [0.15, 0.2) is 0 Å². The topological polar surface area (TPSA) is 53.0 Å². The zero-order valence-corrected chi connectivity index (χ0v) is 10.9. The van der Waals surface area contributed by atoms with Crippen molar-refractivity contribution in [3.05, 3.63) is 0 Å². The van der Waals surface area contributed by atoms with Crippen molar-refractivity contribution in [2.24, 2.45) is 17.6 Å². The molecule has 3 heteroatoms. The van der Waals surface area contributed by atoms with E-state index < -0.39 is 5.54 Å². The summed E-state index contributed by atoms with van der Waals surface area (Å²) in [5.74, 6) is 1.66. The van der Waals surface area contributed by atoms with Crippen molar-refractivity contribution in [3.8, 4) is 6.07 Å². The van der Waals surface area contributed by atoms with Crippen molar-refractivity contribution in [2.75, 3.05) is 19.6 Å². The fourth-order valence-corrected chi connectivity index (χ4v) is 2.34. The van der Waals surface area contributed by atoms with Crippen molar-refractivity contribution in [3.63, 3.8) is 0 Å². The van der Waals surface area contributed by atoms with Crippen molar-refractivity contribution in [1.29, 1.82) is 5.26 Å². The molecule has 0 saturated carbocycles. The SMILES string of the molecule is CC(C)C1CCN(CCCC(C)(N)C#N)C1. The summed E-state index contributed by atoms with van der Waals surface area (Å²) in [7, 11) is 0. The maximum Gasteiger partial charge on any atom is 0.101 e. The Labute approximate surface area is 99.6 Å². The fourth-order valence-electron chi connectivity index (χ4n) is 2.34. The largest absolute Gasteiger partial charge is 0.314 e. The van der Waals surface area contributed by atoms with Gasteiger partial charge in [-0.2, -0.15) is 5.26 Å². The molecule has 1 aliphatic rings. The van der Waals surface area contributed by atoms with Gasteiger partial charge >= 0.3 is 0 Å². The summed E-state index contributed by atoms with van der Waals surface area (Å²) in [5, 5.41) is 8.81. The van der Waals surface area contributed by atoms with Gasteiger partial charge in [0, 0.05) is 6.54 Å². The zero-order chi connectivity index (χ0) is 12.2. The Hall–Kier alpha value is -0.590. The van der Waals surface area contributed by atoms with Crippen LogP contribution < -0.4 is 5.73 Å². The maximum absolute atomic E-state index is 8.81. The van der Waals surface area contributed by atoms with Gasteiger partial charge < -0.3 is 10.6 Å². The highest BCUT2D eigenvalue weighted by Gasteiger charge is 2.25. The van der Waals surface area contributed by atoms with E-state index in [2.05, 4.69) is 24.8 Å². The Morgan fingerprint density at radius 1 is 1.56 bits per heavy atom. The molecule has 0 aliphatic carbocycles. The van der Waals surface area contributed by atoms with Crippen LogP contribution >= 0.6 is 0 Å². The highest BCUT2D eigenvalue weighted by molar-refractivity contribution is 5.00. The van der Waals surface area contributed by atoms with Crippen LogP contribution in [0.2, 0.25) is 0 Å². The first-order chi connectivity index (χ1) is 7.44. The normalized spacial score (nSPS) is 25.6. The standard InChI is InChI=1S/C13H25N3/c1-11(2)12-5-8-16(9-12)7-4-6-13(3,15)10-14/h11-12H,4-9,15H2,1-3H3. The first-order valence-electron chi connectivity index (χ1n) is 6.37. The number of hydrogen-bond acceptors (Lipinski definition) is 3. The average Bonchev–Trinajstić information content (AvgIpc) is 2.66. The highest BCUT2D eigenvalue weighted by Crippen LogP contribution is 2.23. The van der Waals surface area contributed by atoms with E-state index in [-0.39, 0.29) is 0 Å². The second-order valence-electron chi connectivity index (χ2n) is 5.73. The summed E-state index contributed by atoms with van der Waals surface area (Å²) < 4.78 is 0. The summed E-state index contributed by atoms with van der Waals surface area (Å²) in [5.41, 5.74) is 5.15. The van der Waals surface area contributed by atoms with E-state index in [1.807, 2.05) is 6.92 Å². The van der Waals surface area contributed by atoms with Crippen molar-refractivity contribution in [1.82, 2.24) is 4.90 Å². The van der Waals surface area contributed by atoms with Crippen LogP contribution in [-0.2, 0) is 0 Å². The Balaban J connectivity index is 2.19. The molecule has 2 unspecified atom stereocenters. The highest BCUT2D eigenvalue weighted by atomic mass is 15.1. The Morgan fingerprint density at radius 2 is 2.25 bits per heavy atom. The van der Waals surface area contributed by atoms with Crippen LogP contribution in [0.5, 0.6) is 0 Å². The molecule has 1 fully saturated rings. The molecule has 0 aromatic carbocycles. The lowest BCUT2D eigenvalue weighted by Gasteiger charge is -2.20. The molecule has 3 nitrogen and oxygen atoms in total. The van der Waals surface area contributed by atoms with Crippen molar-refractivity contribution < 1.29 is 0 Å². The van der Waals surface area contributed by atoms with Gasteiger partial charge in [-0.15, -0.1) is 0 Å². The molecule has 0 radical (unpaired) electrons. The van der Waals surface area contributed by atoms with Crippen LogP contribution in [-0.4, -0.2) is 30.1 Å². The molecule has 16 heavy (non-hydrogen) atoms. The summed E-state index contributed by atoms with van der Waals surface area (Å²) >= 11 is 0. The predicted molar refractivity (Wildman–Crippen MR) is 66.8 cm³/mol. The Kier molecular flexibility index (Phi) is 4.76. The molecule has 0 amide bonds. The molecule has 0 aromatic heterocycles. The average molecular weight is 223 g/mol. The molecule has 0 bridgehead atoms. The molecular formula is C13H25N3. The second kappa shape index (κ2) is 5.65. The minimum Gasteiger partial charge on any atom is -0.314 e. The molecule has 1 heterocycles. The predicted octanol–water partition coefficient (Wildman–Crippen LogP) is 1.99. The monoisotopic (exact) mass is 223 g/mol. The fraction of sp³-hybridized carbons (Fsp3) is 0.923. The molecule has 0 aromatic rings. The van der Waals surface area contributed by atoms with E-state index in [0.717, 1.165) is 31.2 Å². The number of likely N-dealkylation sites (tertiary alicyclic amines) is 1. The van der Waals surface area contributed by atoms with Gasteiger partial charge in [0.05, 0.1) is 6.07 Å². The van der Waals surface area contributed by atoms with E-state index >= 15 is 0 Å². The molecule has 92 valence electrons. The molecule has 1 saturated heterocycles. The minimum absolute atomic E-state index is 0.642. The third-order valence-corrected chi connectivity index (χ3v) is 3.68. The number of nitriles is 1. The van der Waals surface area contributed by atoms with Crippen molar-refractivity contribution >= 4 is 0 Å². The quantitative estimate of drug-likeness (QED) is 0.775. The lowest BCUT2D eigenvalue weighted by molar-refractivity contribution is 0.291. The van der Waals surface area contributed by atoms with E-state index in [1.165, 1.54) is 19.5 Å². The van der Waals surface area contributed by atoms with Gasteiger partial charge in [0.1, 0.15) is 5.54 Å². The lowest BCUT2D eigenvalue weighted by Crippen LogP contribution is -2.35. The number of nitrogens with zero attached hydrogens (tertiary/aromatic N) is 2. The molecule has 1 rings (SSSR count). The van der Waals surface area contributed by atoms with Gasteiger partial charge in [0.25, 0.3) is 0 Å². The van der Waals surface area contributed by atoms with Gasteiger partial charge in [0.2, 0.25) is 0 Å². The lowest BCUT2D eigenvalue weighted by atomic mass is 9.95. The van der Waals surface area contributed by atoms with Crippen LogP contribution in [0.1, 0.15) is 40.0 Å². The van der Waals surface area contributed by atoms with Gasteiger partial charge in [-0.3, -0.25) is 0 Å². The van der Waals surface area contributed by atoms with Crippen LogP contribution in [0.15, 0.2) is 0 Å². The van der Waals surface area contributed by atoms with Gasteiger partial charge in [-0.05, 0) is 51.1 Å². The van der Waals surface area contributed by atoms with E-state index in [9.17, 15) is 0 Å². The summed E-state index contributed by atoms with van der Waals surface area (Å²) in [6, 6.07) is 2.15. The van der Waals surface area contributed by atoms with Crippen LogP contribution in [0, 0.1) is 23.2 Å². The third kappa shape index (κ3) is 4.11. The molecular weight excluding hydrogens is 198 g/mol. The van der Waals surface area contributed by atoms with Crippen molar-refractivity contribution in [2.45, 2.75) is 45.6 Å². The minimum atomic E-state index is -0.642. The Morgan fingerprint density at radius 3 is 2.75 bits per heavy atom. The number of hydrogen-bond donors (Lipinski definition) is 1. The first-order valence-corrected chi connectivity index (χ1v) is 6.37. The molecule has 1 aliphatic heterocycles. The number of nitrogens with two attached hydrogens (primary N) is 1. The van der Waals surface area contributed by atoms with Crippen LogP contribution in [0.25, 0.3) is 0 Å². The summed E-state index contributed by atoms with van der Waals surface area (Å²) in [4.78, 5) is 2.51. The van der Waals surface area contributed by atoms with Gasteiger partial charge in [-0.1, -0.05) is 13.8 Å². The van der Waals surface area contributed by atoms with E-state index in [1.54, 1.807) is 0 Å². The molecule has 2 N–H and O–H groups in total. The Bertz CT molecular complexity index is 252. The van der Waals surface area contributed by atoms with Crippen LogP contribution in [0.3, 0.4) is 0 Å². The summed E-state index contributed by atoms with van der Waals surface area (Å²) in [6.07, 6.45) is 3.16. The third-order valence-electron chi connectivity index (χ3n) is 3.68. The summed E-state index contributed by atoms with van der Waals surface area (Å²) in [6.45, 7) is 9.97.